The summed E-state index contributed by atoms with van der Waals surface area (Å²) >= 11 is 0. The molecule has 0 atom stereocenters. The minimum absolute atomic E-state index is 0.0169. The standard InChI is InChI=1S/C29H21F6N3O4S/c1-14-36-26(29(33,34)35)12-38(14)24-5-4-16(17-9-23(32)22(13-39)25(10-17)43(3,40)41)8-21(24)27-28(42-15(2)37-27)18-6-19(30)11-20(31)7-18/h4-12,39H,13H2,1-3H3. The Morgan fingerprint density at radius 3 is 2.16 bits per heavy atom. The third-order valence-corrected chi connectivity index (χ3v) is 7.75. The summed E-state index contributed by atoms with van der Waals surface area (Å²) in [5.74, 6) is -2.95. The summed E-state index contributed by atoms with van der Waals surface area (Å²) in [7, 11) is -3.99. The van der Waals surface area contributed by atoms with E-state index >= 15 is 0 Å². The molecule has 0 aliphatic carbocycles. The number of oxazole rings is 1. The van der Waals surface area contributed by atoms with Crippen LogP contribution in [-0.4, -0.2) is 34.3 Å². The number of aliphatic hydroxyl groups excluding tert-OH is 1. The Hall–Kier alpha value is -4.43. The molecule has 0 aliphatic rings. The second kappa shape index (κ2) is 10.7. The van der Waals surface area contributed by atoms with Gasteiger partial charge in [0.1, 0.15) is 29.0 Å². The number of alkyl halides is 3. The van der Waals surface area contributed by atoms with Crippen LogP contribution in [0.5, 0.6) is 0 Å². The zero-order valence-electron chi connectivity index (χ0n) is 22.6. The van der Waals surface area contributed by atoms with E-state index in [4.69, 9.17) is 4.42 Å². The molecule has 14 heteroatoms. The normalized spacial score (nSPS) is 12.2. The van der Waals surface area contributed by atoms with Crippen LogP contribution in [0.4, 0.5) is 26.3 Å². The van der Waals surface area contributed by atoms with E-state index in [9.17, 15) is 39.9 Å². The molecule has 0 spiro atoms. The van der Waals surface area contributed by atoms with E-state index in [0.29, 0.717) is 6.07 Å². The highest BCUT2D eigenvalue weighted by atomic mass is 32.2. The first kappa shape index (κ1) is 30.0. The van der Waals surface area contributed by atoms with Crippen molar-refractivity contribution in [3.05, 3.63) is 95.2 Å². The van der Waals surface area contributed by atoms with Gasteiger partial charge in [-0.05, 0) is 54.4 Å². The fourth-order valence-corrected chi connectivity index (χ4v) is 5.67. The Kier molecular flexibility index (Phi) is 7.47. The number of imidazole rings is 1. The Balaban J connectivity index is 1.82. The smallest absolute Gasteiger partial charge is 0.434 e. The summed E-state index contributed by atoms with van der Waals surface area (Å²) in [6, 6.07) is 8.98. The highest BCUT2D eigenvalue weighted by Crippen LogP contribution is 2.40. The van der Waals surface area contributed by atoms with Crippen LogP contribution < -0.4 is 0 Å². The van der Waals surface area contributed by atoms with Gasteiger partial charge in [0, 0.05) is 42.1 Å². The average molecular weight is 622 g/mol. The van der Waals surface area contributed by atoms with Crippen LogP contribution in [0.2, 0.25) is 0 Å². The molecule has 7 nitrogen and oxygen atoms in total. The monoisotopic (exact) mass is 621 g/mol. The number of aryl methyl sites for hydroxylation is 2. The number of hydrogen-bond donors (Lipinski definition) is 1. The van der Waals surface area contributed by atoms with Crippen LogP contribution >= 0.6 is 0 Å². The number of benzene rings is 3. The third kappa shape index (κ3) is 5.79. The van der Waals surface area contributed by atoms with Crippen LogP contribution in [0.25, 0.3) is 39.4 Å². The molecule has 224 valence electrons. The summed E-state index contributed by atoms with van der Waals surface area (Å²) < 4.78 is 116. The summed E-state index contributed by atoms with van der Waals surface area (Å²) in [6.07, 6.45) is -3.15. The molecule has 0 aliphatic heterocycles. The van der Waals surface area contributed by atoms with Crippen molar-refractivity contribution in [2.45, 2.75) is 31.5 Å². The number of nitrogens with zero attached hydrogens (tertiary/aromatic N) is 3. The molecule has 3 aromatic carbocycles. The summed E-state index contributed by atoms with van der Waals surface area (Å²) in [5.41, 5.74) is -1.22. The number of halogens is 6. The van der Waals surface area contributed by atoms with Crippen molar-refractivity contribution < 1.29 is 44.3 Å². The fourth-order valence-electron chi connectivity index (χ4n) is 4.72. The van der Waals surface area contributed by atoms with Gasteiger partial charge in [-0.25, -0.2) is 31.6 Å². The molecule has 0 fully saturated rings. The lowest BCUT2D eigenvalue weighted by atomic mass is 9.97. The largest absolute Gasteiger partial charge is 0.440 e. The van der Waals surface area contributed by atoms with Gasteiger partial charge in [-0.1, -0.05) is 6.07 Å². The quantitative estimate of drug-likeness (QED) is 0.209. The van der Waals surface area contributed by atoms with Crippen LogP contribution in [0, 0.1) is 31.3 Å². The number of aromatic nitrogens is 3. The van der Waals surface area contributed by atoms with E-state index in [1.807, 2.05) is 0 Å². The van der Waals surface area contributed by atoms with E-state index in [0.717, 1.165) is 41.3 Å². The second-order valence-corrected chi connectivity index (χ2v) is 11.7. The molecule has 0 bridgehead atoms. The van der Waals surface area contributed by atoms with Gasteiger partial charge in [0.05, 0.1) is 17.2 Å². The maximum atomic E-state index is 15.0. The molecule has 0 unspecified atom stereocenters. The molecule has 5 aromatic rings. The minimum atomic E-state index is -4.77. The van der Waals surface area contributed by atoms with Gasteiger partial charge in [0.15, 0.2) is 27.2 Å². The number of aliphatic hydroxyl groups is 1. The van der Waals surface area contributed by atoms with Gasteiger partial charge in [0.25, 0.3) is 0 Å². The molecule has 0 amide bonds. The first-order valence-corrected chi connectivity index (χ1v) is 14.3. The van der Waals surface area contributed by atoms with E-state index in [2.05, 4.69) is 9.97 Å². The van der Waals surface area contributed by atoms with E-state index in [-0.39, 0.29) is 51.1 Å². The van der Waals surface area contributed by atoms with Crippen molar-refractivity contribution in [3.8, 4) is 39.4 Å². The maximum Gasteiger partial charge on any atom is 0.434 e. The molecular formula is C29H21F6N3O4S. The SMILES string of the molecule is Cc1nc(-c2cc(-c3cc(F)c(CO)c(S(C)(=O)=O)c3)ccc2-n2cc(C(F)(F)F)nc2C)c(-c2cc(F)cc(F)c2)o1. The summed E-state index contributed by atoms with van der Waals surface area (Å²) in [5, 5.41) is 9.58. The first-order chi connectivity index (χ1) is 20.1. The van der Waals surface area contributed by atoms with Gasteiger partial charge in [-0.2, -0.15) is 13.2 Å². The lowest BCUT2D eigenvalue weighted by Gasteiger charge is -2.15. The zero-order chi connectivity index (χ0) is 31.4. The van der Waals surface area contributed by atoms with E-state index < -0.39 is 56.2 Å². The Morgan fingerprint density at radius 2 is 1.58 bits per heavy atom. The van der Waals surface area contributed by atoms with Gasteiger partial charge in [-0.15, -0.1) is 0 Å². The molecule has 2 heterocycles. The first-order valence-electron chi connectivity index (χ1n) is 12.4. The second-order valence-electron chi connectivity index (χ2n) is 9.71. The van der Waals surface area contributed by atoms with Crippen molar-refractivity contribution in [1.29, 1.82) is 0 Å². The fraction of sp³-hybridized carbons (Fsp3) is 0.172. The molecule has 43 heavy (non-hydrogen) atoms. The van der Waals surface area contributed by atoms with Crippen LogP contribution in [0.1, 0.15) is 23.0 Å². The van der Waals surface area contributed by atoms with Gasteiger partial charge in [-0.3, -0.25) is 0 Å². The molecule has 0 saturated heterocycles. The van der Waals surface area contributed by atoms with Crippen molar-refractivity contribution in [2.24, 2.45) is 0 Å². The summed E-state index contributed by atoms with van der Waals surface area (Å²) in [4.78, 5) is 7.51. The number of hydrogen-bond acceptors (Lipinski definition) is 6. The lowest BCUT2D eigenvalue weighted by Crippen LogP contribution is -2.06. The van der Waals surface area contributed by atoms with E-state index in [1.165, 1.54) is 32.0 Å². The zero-order valence-corrected chi connectivity index (χ0v) is 23.4. The maximum absolute atomic E-state index is 15.0. The lowest BCUT2D eigenvalue weighted by molar-refractivity contribution is -0.141. The van der Waals surface area contributed by atoms with Gasteiger partial charge < -0.3 is 14.1 Å². The third-order valence-electron chi connectivity index (χ3n) is 6.59. The van der Waals surface area contributed by atoms with Crippen LogP contribution in [0.3, 0.4) is 0 Å². The molecule has 5 rings (SSSR count). The molecule has 2 aromatic heterocycles. The predicted molar refractivity (Wildman–Crippen MR) is 143 cm³/mol. The predicted octanol–water partition coefficient (Wildman–Crippen LogP) is 6.81. The van der Waals surface area contributed by atoms with Crippen LogP contribution in [0.15, 0.2) is 64.0 Å². The highest BCUT2D eigenvalue weighted by molar-refractivity contribution is 7.90. The van der Waals surface area contributed by atoms with Crippen LogP contribution in [-0.2, 0) is 22.6 Å². The average Bonchev–Trinajstić information content (AvgIpc) is 3.49. The Bertz CT molecular complexity index is 1980. The topological polar surface area (TPSA) is 98.2 Å². The van der Waals surface area contributed by atoms with Crippen molar-refractivity contribution in [1.82, 2.24) is 14.5 Å². The van der Waals surface area contributed by atoms with E-state index in [1.54, 1.807) is 0 Å². The van der Waals surface area contributed by atoms with Gasteiger partial charge in [0.2, 0.25) is 0 Å². The minimum Gasteiger partial charge on any atom is -0.440 e. The number of sulfone groups is 1. The highest BCUT2D eigenvalue weighted by Gasteiger charge is 2.35. The molecule has 0 saturated carbocycles. The van der Waals surface area contributed by atoms with Crippen molar-refractivity contribution >= 4 is 9.84 Å². The Labute approximate surface area is 241 Å². The molecule has 1 N–H and O–H groups in total. The molecule has 0 radical (unpaired) electrons. The van der Waals surface area contributed by atoms with Gasteiger partial charge >= 0.3 is 6.18 Å². The summed E-state index contributed by atoms with van der Waals surface area (Å²) in [6.45, 7) is 1.91. The Morgan fingerprint density at radius 1 is 0.907 bits per heavy atom. The molecular weight excluding hydrogens is 600 g/mol. The van der Waals surface area contributed by atoms with Crippen molar-refractivity contribution in [3.63, 3.8) is 0 Å². The van der Waals surface area contributed by atoms with Crippen molar-refractivity contribution in [2.75, 3.05) is 6.26 Å². The number of rotatable bonds is 6.